The van der Waals surface area contributed by atoms with Gasteiger partial charge < -0.3 is 10.1 Å². The molecule has 0 spiro atoms. The van der Waals surface area contributed by atoms with Gasteiger partial charge in [-0.15, -0.1) is 11.3 Å². The number of benzene rings is 1. The van der Waals surface area contributed by atoms with Crippen molar-refractivity contribution in [1.82, 2.24) is 10.3 Å². The number of nitrogens with zero attached hydrogens (tertiary/aromatic N) is 1. The number of hydrogen-bond donors (Lipinski definition) is 1. The van der Waals surface area contributed by atoms with Crippen LogP contribution in [0.5, 0.6) is 5.75 Å². The molecular weight excluding hydrogens is 316 g/mol. The number of aromatic nitrogens is 1. The molecule has 1 N–H and O–H groups in total. The molecule has 0 aliphatic heterocycles. The van der Waals surface area contributed by atoms with Crippen LogP contribution in [0.3, 0.4) is 0 Å². The second kappa shape index (κ2) is 8.19. The molecule has 1 aromatic heterocycles. The van der Waals surface area contributed by atoms with Crippen molar-refractivity contribution in [1.29, 1.82) is 0 Å². The Labute approximate surface area is 139 Å². The Morgan fingerprint density at radius 3 is 2.73 bits per heavy atom. The lowest BCUT2D eigenvalue weighted by Crippen LogP contribution is -2.32. The summed E-state index contributed by atoms with van der Waals surface area (Å²) in [6.45, 7) is 4.50. The largest absolute Gasteiger partial charge is 0.497 e. The first-order valence-electron chi connectivity index (χ1n) is 7.08. The summed E-state index contributed by atoms with van der Waals surface area (Å²) in [4.78, 5) is 16.4. The van der Waals surface area contributed by atoms with E-state index in [0.29, 0.717) is 6.54 Å². The van der Waals surface area contributed by atoms with E-state index < -0.39 is 0 Å². The van der Waals surface area contributed by atoms with Crippen molar-refractivity contribution in [2.24, 2.45) is 0 Å². The van der Waals surface area contributed by atoms with Gasteiger partial charge in [0.15, 0.2) is 4.34 Å². The monoisotopic (exact) mass is 336 g/mol. The van der Waals surface area contributed by atoms with Crippen LogP contribution in [0, 0.1) is 6.92 Å². The van der Waals surface area contributed by atoms with Gasteiger partial charge in [-0.25, -0.2) is 4.98 Å². The van der Waals surface area contributed by atoms with Crippen molar-refractivity contribution in [2.75, 3.05) is 13.7 Å². The molecule has 0 saturated heterocycles. The Morgan fingerprint density at radius 1 is 1.41 bits per heavy atom. The van der Waals surface area contributed by atoms with E-state index in [-0.39, 0.29) is 11.2 Å². The average molecular weight is 336 g/mol. The van der Waals surface area contributed by atoms with Crippen LogP contribution in [-0.4, -0.2) is 29.8 Å². The van der Waals surface area contributed by atoms with E-state index in [2.05, 4.69) is 10.3 Å². The SMILES string of the molecule is COc1ccc(CCNC(=O)C(C)Sc2nc(C)cs2)cc1. The fourth-order valence-corrected chi connectivity index (χ4v) is 3.87. The molecule has 0 fully saturated rings. The van der Waals surface area contributed by atoms with Gasteiger partial charge in [0, 0.05) is 17.6 Å². The van der Waals surface area contributed by atoms with Crippen molar-refractivity contribution in [2.45, 2.75) is 29.9 Å². The number of aryl methyl sites for hydroxylation is 1. The highest BCUT2D eigenvalue weighted by molar-refractivity contribution is 8.02. The van der Waals surface area contributed by atoms with Crippen LogP contribution in [0.2, 0.25) is 0 Å². The second-order valence-electron chi connectivity index (χ2n) is 4.90. The molecule has 0 aliphatic carbocycles. The maximum atomic E-state index is 12.1. The van der Waals surface area contributed by atoms with E-state index >= 15 is 0 Å². The van der Waals surface area contributed by atoms with Crippen LogP contribution in [0.1, 0.15) is 18.2 Å². The van der Waals surface area contributed by atoms with Crippen molar-refractivity contribution in [3.05, 3.63) is 40.9 Å². The predicted octanol–water partition coefficient (Wildman–Crippen LogP) is 3.30. The van der Waals surface area contributed by atoms with Gasteiger partial charge in [-0.1, -0.05) is 23.9 Å². The van der Waals surface area contributed by atoms with E-state index in [1.807, 2.05) is 43.5 Å². The number of rotatable bonds is 7. The van der Waals surface area contributed by atoms with Gasteiger partial charge in [0.2, 0.25) is 5.91 Å². The van der Waals surface area contributed by atoms with Crippen LogP contribution in [0.15, 0.2) is 34.0 Å². The Kier molecular flexibility index (Phi) is 6.27. The van der Waals surface area contributed by atoms with Crippen molar-refractivity contribution in [3.63, 3.8) is 0 Å². The quantitative estimate of drug-likeness (QED) is 0.788. The number of ether oxygens (including phenoxy) is 1. The molecule has 0 bridgehead atoms. The highest BCUT2D eigenvalue weighted by atomic mass is 32.2. The molecule has 118 valence electrons. The molecule has 22 heavy (non-hydrogen) atoms. The minimum atomic E-state index is -0.138. The van der Waals surface area contributed by atoms with E-state index in [9.17, 15) is 4.79 Å². The molecule has 2 rings (SSSR count). The first-order valence-corrected chi connectivity index (χ1v) is 8.84. The summed E-state index contributed by atoms with van der Waals surface area (Å²) in [7, 11) is 1.65. The van der Waals surface area contributed by atoms with Crippen LogP contribution in [0.25, 0.3) is 0 Å². The first-order chi connectivity index (χ1) is 10.6. The zero-order valence-corrected chi connectivity index (χ0v) is 14.6. The van der Waals surface area contributed by atoms with Crippen LogP contribution < -0.4 is 10.1 Å². The fraction of sp³-hybridized carbons (Fsp3) is 0.375. The standard InChI is InChI=1S/C16H20N2O2S2/c1-11-10-21-16(18-11)22-12(2)15(19)17-9-8-13-4-6-14(20-3)7-5-13/h4-7,10,12H,8-9H2,1-3H3,(H,17,19). The van der Waals surface area contributed by atoms with Gasteiger partial charge in [0.1, 0.15) is 5.75 Å². The number of amides is 1. The third-order valence-corrected chi connectivity index (χ3v) is 5.31. The van der Waals surface area contributed by atoms with E-state index in [4.69, 9.17) is 4.74 Å². The normalized spacial score (nSPS) is 12.0. The number of nitrogens with one attached hydrogen (secondary N) is 1. The second-order valence-corrected chi connectivity index (χ2v) is 7.35. The third kappa shape index (κ3) is 5.03. The highest BCUT2D eigenvalue weighted by Gasteiger charge is 2.15. The number of thiazole rings is 1. The van der Waals surface area contributed by atoms with Gasteiger partial charge in [-0.3, -0.25) is 4.79 Å². The number of carbonyl (C=O) groups is 1. The summed E-state index contributed by atoms with van der Waals surface area (Å²) < 4.78 is 6.06. The smallest absolute Gasteiger partial charge is 0.233 e. The number of carbonyl (C=O) groups excluding carboxylic acids is 1. The number of hydrogen-bond acceptors (Lipinski definition) is 5. The van der Waals surface area contributed by atoms with Gasteiger partial charge in [-0.05, 0) is 38.0 Å². The molecule has 0 saturated carbocycles. The number of thioether (sulfide) groups is 1. The van der Waals surface area contributed by atoms with Gasteiger partial charge in [-0.2, -0.15) is 0 Å². The minimum Gasteiger partial charge on any atom is -0.497 e. The Bertz CT molecular complexity index is 611. The Hall–Kier alpha value is -1.53. The van der Waals surface area contributed by atoms with Crippen molar-refractivity contribution >= 4 is 29.0 Å². The molecule has 1 atom stereocenters. The lowest BCUT2D eigenvalue weighted by Gasteiger charge is -2.10. The molecule has 1 heterocycles. The molecule has 4 nitrogen and oxygen atoms in total. The molecule has 0 radical (unpaired) electrons. The molecular formula is C16H20N2O2S2. The maximum absolute atomic E-state index is 12.1. The Balaban J connectivity index is 1.74. The highest BCUT2D eigenvalue weighted by Crippen LogP contribution is 2.26. The van der Waals surface area contributed by atoms with Crippen LogP contribution >= 0.6 is 23.1 Å². The summed E-state index contributed by atoms with van der Waals surface area (Å²) in [5.41, 5.74) is 2.18. The lowest BCUT2D eigenvalue weighted by molar-refractivity contribution is -0.120. The summed E-state index contributed by atoms with van der Waals surface area (Å²) in [6.07, 6.45) is 0.809. The summed E-state index contributed by atoms with van der Waals surface area (Å²) in [6, 6.07) is 7.89. The predicted molar refractivity (Wildman–Crippen MR) is 91.9 cm³/mol. The molecule has 1 amide bonds. The summed E-state index contributed by atoms with van der Waals surface area (Å²) >= 11 is 3.08. The van der Waals surface area contributed by atoms with Gasteiger partial charge >= 0.3 is 0 Å². The summed E-state index contributed by atoms with van der Waals surface area (Å²) in [5.74, 6) is 0.892. The third-order valence-electron chi connectivity index (χ3n) is 3.12. The van der Waals surface area contributed by atoms with Crippen molar-refractivity contribution < 1.29 is 9.53 Å². The van der Waals surface area contributed by atoms with Crippen LogP contribution in [-0.2, 0) is 11.2 Å². The zero-order chi connectivity index (χ0) is 15.9. The lowest BCUT2D eigenvalue weighted by atomic mass is 10.1. The Morgan fingerprint density at radius 2 is 2.14 bits per heavy atom. The van der Waals surface area contributed by atoms with E-state index in [0.717, 1.165) is 22.2 Å². The fourth-order valence-electron chi connectivity index (χ4n) is 1.86. The summed E-state index contributed by atoms with van der Waals surface area (Å²) in [5, 5.41) is 4.83. The van der Waals surface area contributed by atoms with Crippen LogP contribution in [0.4, 0.5) is 0 Å². The molecule has 0 aliphatic rings. The van der Waals surface area contributed by atoms with Crippen molar-refractivity contribution in [3.8, 4) is 5.75 Å². The molecule has 2 aromatic rings. The number of methoxy groups -OCH3 is 1. The van der Waals surface area contributed by atoms with E-state index in [1.54, 1.807) is 18.4 Å². The average Bonchev–Trinajstić information content (AvgIpc) is 2.93. The minimum absolute atomic E-state index is 0.0476. The molecule has 1 unspecified atom stereocenters. The maximum Gasteiger partial charge on any atom is 0.233 e. The molecule has 6 heteroatoms. The zero-order valence-electron chi connectivity index (χ0n) is 13.0. The van der Waals surface area contributed by atoms with E-state index in [1.165, 1.54) is 17.3 Å². The van der Waals surface area contributed by atoms with Gasteiger partial charge in [0.05, 0.1) is 12.4 Å². The van der Waals surface area contributed by atoms with Gasteiger partial charge in [0.25, 0.3) is 0 Å². The topological polar surface area (TPSA) is 51.2 Å². The first kappa shape index (κ1) is 16.8. The molecule has 1 aromatic carbocycles.